The zero-order chi connectivity index (χ0) is 14.4. The Balaban J connectivity index is 2.19. The highest BCUT2D eigenvalue weighted by molar-refractivity contribution is 5.90. The smallest absolute Gasteiger partial charge is 0.325 e. The second kappa shape index (κ2) is 6.52. The topological polar surface area (TPSA) is 67.4 Å². The van der Waals surface area contributed by atoms with Gasteiger partial charge in [-0.2, -0.15) is 0 Å². The Bertz CT molecular complexity index is 467. The number of amides is 1. The normalized spacial score (nSPS) is 17.2. The molecule has 5 heteroatoms. The standard InChI is InChI=1S/C15H20N2O3/c1-20-13(18)11-17-14(19)15(7-9-16-10-8-15)12-5-3-2-4-6-12/h2-6,16H,7-11H2,1H3,(H,17,19). The zero-order valence-electron chi connectivity index (χ0n) is 11.6. The summed E-state index contributed by atoms with van der Waals surface area (Å²) in [7, 11) is 1.31. The van der Waals surface area contributed by atoms with Gasteiger partial charge in [-0.25, -0.2) is 0 Å². The van der Waals surface area contributed by atoms with Crippen LogP contribution in [0.15, 0.2) is 30.3 Å². The first-order valence-corrected chi connectivity index (χ1v) is 6.80. The lowest BCUT2D eigenvalue weighted by molar-refractivity contribution is -0.142. The Hall–Kier alpha value is -1.88. The molecule has 0 saturated carbocycles. The van der Waals surface area contributed by atoms with Crippen molar-refractivity contribution in [2.45, 2.75) is 18.3 Å². The van der Waals surface area contributed by atoms with Crippen molar-refractivity contribution >= 4 is 11.9 Å². The van der Waals surface area contributed by atoms with Gasteiger partial charge in [-0.15, -0.1) is 0 Å². The largest absolute Gasteiger partial charge is 0.468 e. The van der Waals surface area contributed by atoms with Gasteiger partial charge in [0.1, 0.15) is 6.54 Å². The first-order valence-electron chi connectivity index (χ1n) is 6.80. The molecule has 2 rings (SSSR count). The minimum atomic E-state index is -0.555. The summed E-state index contributed by atoms with van der Waals surface area (Å²) in [5.74, 6) is -0.536. The number of methoxy groups -OCH3 is 1. The minimum Gasteiger partial charge on any atom is -0.468 e. The van der Waals surface area contributed by atoms with Gasteiger partial charge < -0.3 is 15.4 Å². The summed E-state index contributed by atoms with van der Waals surface area (Å²) in [6.07, 6.45) is 1.45. The van der Waals surface area contributed by atoms with Gasteiger partial charge in [0, 0.05) is 0 Å². The van der Waals surface area contributed by atoms with Crippen molar-refractivity contribution in [1.82, 2.24) is 10.6 Å². The number of carbonyl (C=O) groups is 2. The number of benzene rings is 1. The summed E-state index contributed by atoms with van der Waals surface area (Å²) in [6, 6.07) is 9.76. The molecule has 0 aromatic heterocycles. The molecule has 1 aliphatic heterocycles. The molecule has 20 heavy (non-hydrogen) atoms. The maximum atomic E-state index is 12.6. The number of hydrogen-bond acceptors (Lipinski definition) is 4. The Kier molecular flexibility index (Phi) is 4.74. The first kappa shape index (κ1) is 14.5. The average Bonchev–Trinajstić information content (AvgIpc) is 2.53. The van der Waals surface area contributed by atoms with E-state index in [0.29, 0.717) is 0 Å². The van der Waals surface area contributed by atoms with Crippen LogP contribution >= 0.6 is 0 Å². The molecule has 1 saturated heterocycles. The van der Waals surface area contributed by atoms with Crippen molar-refractivity contribution in [2.24, 2.45) is 0 Å². The summed E-state index contributed by atoms with van der Waals surface area (Å²) in [6.45, 7) is 1.50. The molecule has 108 valence electrons. The molecule has 5 nitrogen and oxygen atoms in total. The van der Waals surface area contributed by atoms with E-state index >= 15 is 0 Å². The van der Waals surface area contributed by atoms with Gasteiger partial charge >= 0.3 is 5.97 Å². The molecule has 1 aromatic rings. The van der Waals surface area contributed by atoms with Crippen molar-refractivity contribution < 1.29 is 14.3 Å². The molecule has 0 spiro atoms. The Morgan fingerprint density at radius 2 is 1.90 bits per heavy atom. The van der Waals surface area contributed by atoms with Gasteiger partial charge in [-0.05, 0) is 31.5 Å². The van der Waals surface area contributed by atoms with E-state index < -0.39 is 11.4 Å². The Morgan fingerprint density at radius 1 is 1.25 bits per heavy atom. The number of rotatable bonds is 4. The molecular formula is C15H20N2O3. The highest BCUT2D eigenvalue weighted by atomic mass is 16.5. The second-order valence-corrected chi connectivity index (χ2v) is 4.96. The van der Waals surface area contributed by atoms with E-state index in [-0.39, 0.29) is 12.5 Å². The van der Waals surface area contributed by atoms with Crippen LogP contribution in [0.1, 0.15) is 18.4 Å². The van der Waals surface area contributed by atoms with Gasteiger partial charge in [0.25, 0.3) is 0 Å². The van der Waals surface area contributed by atoms with Crippen molar-refractivity contribution in [3.63, 3.8) is 0 Å². The quantitative estimate of drug-likeness (QED) is 0.790. The molecule has 1 heterocycles. The molecule has 2 N–H and O–H groups in total. The summed E-state index contributed by atoms with van der Waals surface area (Å²) in [5.41, 5.74) is 0.449. The molecule has 1 amide bonds. The Labute approximate surface area is 118 Å². The first-order chi connectivity index (χ1) is 9.69. The molecule has 0 bridgehead atoms. The zero-order valence-corrected chi connectivity index (χ0v) is 11.6. The number of piperidine rings is 1. The van der Waals surface area contributed by atoms with Crippen LogP contribution in [0.5, 0.6) is 0 Å². The molecule has 0 unspecified atom stereocenters. The van der Waals surface area contributed by atoms with E-state index in [4.69, 9.17) is 0 Å². The van der Waals surface area contributed by atoms with Crippen LogP contribution in [-0.2, 0) is 19.7 Å². The van der Waals surface area contributed by atoms with Gasteiger partial charge in [0.15, 0.2) is 0 Å². The third kappa shape index (κ3) is 2.99. The lowest BCUT2D eigenvalue weighted by atomic mass is 9.72. The van der Waals surface area contributed by atoms with Crippen LogP contribution in [0.4, 0.5) is 0 Å². The van der Waals surface area contributed by atoms with Crippen molar-refractivity contribution in [2.75, 3.05) is 26.7 Å². The van der Waals surface area contributed by atoms with Crippen LogP contribution in [-0.4, -0.2) is 38.6 Å². The highest BCUT2D eigenvalue weighted by Crippen LogP contribution is 2.33. The van der Waals surface area contributed by atoms with E-state index in [2.05, 4.69) is 15.4 Å². The van der Waals surface area contributed by atoms with Crippen LogP contribution in [0.25, 0.3) is 0 Å². The molecule has 0 atom stereocenters. The predicted octanol–water partition coefficient (Wildman–Crippen LogP) is 0.597. The lowest BCUT2D eigenvalue weighted by Gasteiger charge is -2.36. The monoisotopic (exact) mass is 276 g/mol. The molecule has 1 fully saturated rings. The summed E-state index contributed by atoms with van der Waals surface area (Å²) in [5, 5.41) is 5.97. The maximum Gasteiger partial charge on any atom is 0.325 e. The molecule has 0 aliphatic carbocycles. The average molecular weight is 276 g/mol. The second-order valence-electron chi connectivity index (χ2n) is 4.96. The highest BCUT2D eigenvalue weighted by Gasteiger charge is 2.41. The van der Waals surface area contributed by atoms with Crippen molar-refractivity contribution in [1.29, 1.82) is 0 Å². The number of carbonyl (C=O) groups excluding carboxylic acids is 2. The molecular weight excluding hydrogens is 256 g/mol. The fraction of sp³-hybridized carbons (Fsp3) is 0.467. The fourth-order valence-electron chi connectivity index (χ4n) is 2.65. The third-order valence-corrected chi connectivity index (χ3v) is 3.84. The number of ether oxygens (including phenoxy) is 1. The van der Waals surface area contributed by atoms with E-state index in [1.165, 1.54) is 7.11 Å². The van der Waals surface area contributed by atoms with Crippen LogP contribution in [0, 0.1) is 0 Å². The van der Waals surface area contributed by atoms with Crippen molar-refractivity contribution in [3.8, 4) is 0 Å². The summed E-state index contributed by atoms with van der Waals surface area (Å²) < 4.78 is 4.56. The minimum absolute atomic E-state index is 0.0860. The van der Waals surface area contributed by atoms with Crippen molar-refractivity contribution in [3.05, 3.63) is 35.9 Å². The molecule has 1 aromatic carbocycles. The van der Waals surface area contributed by atoms with Crippen LogP contribution in [0.3, 0.4) is 0 Å². The van der Waals surface area contributed by atoms with Crippen LogP contribution < -0.4 is 10.6 Å². The number of esters is 1. The molecule has 0 radical (unpaired) electrons. The molecule has 1 aliphatic rings. The van der Waals surface area contributed by atoms with Crippen LogP contribution in [0.2, 0.25) is 0 Å². The summed E-state index contributed by atoms with van der Waals surface area (Å²) in [4.78, 5) is 23.8. The lowest BCUT2D eigenvalue weighted by Crippen LogP contribution is -2.51. The third-order valence-electron chi connectivity index (χ3n) is 3.84. The fourth-order valence-corrected chi connectivity index (χ4v) is 2.65. The van der Waals surface area contributed by atoms with Gasteiger partial charge in [0.2, 0.25) is 5.91 Å². The number of nitrogens with one attached hydrogen (secondary N) is 2. The van der Waals surface area contributed by atoms with Gasteiger partial charge in [-0.3, -0.25) is 9.59 Å². The Morgan fingerprint density at radius 3 is 2.50 bits per heavy atom. The van der Waals surface area contributed by atoms with E-state index in [9.17, 15) is 9.59 Å². The van der Waals surface area contributed by atoms with Gasteiger partial charge in [-0.1, -0.05) is 30.3 Å². The number of hydrogen-bond donors (Lipinski definition) is 2. The predicted molar refractivity (Wildman–Crippen MR) is 75.2 cm³/mol. The summed E-state index contributed by atoms with van der Waals surface area (Å²) >= 11 is 0. The van der Waals surface area contributed by atoms with E-state index in [1.54, 1.807) is 0 Å². The van der Waals surface area contributed by atoms with Gasteiger partial charge in [0.05, 0.1) is 12.5 Å². The maximum absolute atomic E-state index is 12.6. The SMILES string of the molecule is COC(=O)CNC(=O)C1(c2ccccc2)CCNCC1. The van der Waals surface area contributed by atoms with E-state index in [0.717, 1.165) is 31.5 Å². The van der Waals surface area contributed by atoms with E-state index in [1.807, 2.05) is 30.3 Å².